The molecule has 19 heavy (non-hydrogen) atoms. The summed E-state index contributed by atoms with van der Waals surface area (Å²) in [4.78, 5) is 0. The van der Waals surface area contributed by atoms with Crippen molar-refractivity contribution in [3.63, 3.8) is 0 Å². The molecule has 102 valence electrons. The van der Waals surface area contributed by atoms with Crippen molar-refractivity contribution in [3.8, 4) is 5.75 Å². The molecule has 0 fully saturated rings. The fourth-order valence-corrected chi connectivity index (χ4v) is 2.40. The standard InChI is InChI=1S/C12H16BrN5O/c1-18-12(10(19-2)6-16-18)11(17-15)8-5-7(13)3-4-9(8)14/h3-6,11,17H,14-15H2,1-2H3. The van der Waals surface area contributed by atoms with Gasteiger partial charge in [0, 0.05) is 22.8 Å². The van der Waals surface area contributed by atoms with E-state index >= 15 is 0 Å². The Morgan fingerprint density at radius 3 is 2.84 bits per heavy atom. The smallest absolute Gasteiger partial charge is 0.161 e. The Morgan fingerprint density at radius 2 is 2.21 bits per heavy atom. The van der Waals surface area contributed by atoms with Gasteiger partial charge in [-0.15, -0.1) is 0 Å². The average Bonchev–Trinajstić information content (AvgIpc) is 2.76. The van der Waals surface area contributed by atoms with Crippen LogP contribution in [0, 0.1) is 0 Å². The molecule has 0 saturated carbocycles. The van der Waals surface area contributed by atoms with Gasteiger partial charge in [-0.1, -0.05) is 15.9 Å². The topological polar surface area (TPSA) is 91.1 Å². The Kier molecular flexibility index (Phi) is 4.08. The summed E-state index contributed by atoms with van der Waals surface area (Å²) in [7, 11) is 3.43. The first-order valence-electron chi connectivity index (χ1n) is 5.65. The van der Waals surface area contributed by atoms with Crippen molar-refractivity contribution in [2.45, 2.75) is 6.04 Å². The van der Waals surface area contributed by atoms with Crippen molar-refractivity contribution in [2.24, 2.45) is 12.9 Å². The zero-order valence-corrected chi connectivity index (χ0v) is 12.3. The number of aromatic nitrogens is 2. The third-order valence-corrected chi connectivity index (χ3v) is 3.46. The van der Waals surface area contributed by atoms with E-state index in [-0.39, 0.29) is 6.04 Å². The molecule has 0 aliphatic heterocycles. The van der Waals surface area contributed by atoms with Crippen LogP contribution in [0.2, 0.25) is 0 Å². The molecule has 0 radical (unpaired) electrons. The van der Waals surface area contributed by atoms with E-state index in [1.54, 1.807) is 18.0 Å². The van der Waals surface area contributed by atoms with E-state index < -0.39 is 0 Å². The molecule has 1 aromatic heterocycles. The predicted octanol–water partition coefficient (Wildman–Crippen LogP) is 1.33. The zero-order chi connectivity index (χ0) is 14.0. The van der Waals surface area contributed by atoms with Crippen LogP contribution in [0.15, 0.2) is 28.9 Å². The fourth-order valence-electron chi connectivity index (χ4n) is 2.02. The summed E-state index contributed by atoms with van der Waals surface area (Å²) >= 11 is 3.43. The number of rotatable bonds is 4. The number of nitrogen functional groups attached to an aromatic ring is 1. The number of hydrazine groups is 1. The van der Waals surface area contributed by atoms with Crippen LogP contribution < -0.4 is 21.7 Å². The molecule has 1 atom stereocenters. The fraction of sp³-hybridized carbons (Fsp3) is 0.250. The highest BCUT2D eigenvalue weighted by atomic mass is 79.9. The second kappa shape index (κ2) is 5.60. The summed E-state index contributed by atoms with van der Waals surface area (Å²) < 4.78 is 7.95. The van der Waals surface area contributed by atoms with Gasteiger partial charge >= 0.3 is 0 Å². The van der Waals surface area contributed by atoms with Crippen molar-refractivity contribution in [3.05, 3.63) is 40.1 Å². The summed E-state index contributed by atoms with van der Waals surface area (Å²) in [5.41, 5.74) is 11.1. The van der Waals surface area contributed by atoms with Gasteiger partial charge in [0.15, 0.2) is 5.75 Å². The Hall–Kier alpha value is -1.57. The number of halogens is 1. The lowest BCUT2D eigenvalue weighted by Gasteiger charge is -2.20. The third-order valence-electron chi connectivity index (χ3n) is 2.97. The summed E-state index contributed by atoms with van der Waals surface area (Å²) in [6.45, 7) is 0. The quantitative estimate of drug-likeness (QED) is 0.448. The van der Waals surface area contributed by atoms with Crippen LogP contribution in [0.4, 0.5) is 5.69 Å². The highest BCUT2D eigenvalue weighted by molar-refractivity contribution is 9.10. The lowest BCUT2D eigenvalue weighted by Crippen LogP contribution is -2.31. The van der Waals surface area contributed by atoms with E-state index in [2.05, 4.69) is 26.5 Å². The summed E-state index contributed by atoms with van der Waals surface area (Å²) in [6, 6.07) is 5.33. The lowest BCUT2D eigenvalue weighted by molar-refractivity contribution is 0.401. The number of hydrogen-bond donors (Lipinski definition) is 3. The van der Waals surface area contributed by atoms with Crippen LogP contribution in [0.1, 0.15) is 17.3 Å². The molecular weight excluding hydrogens is 310 g/mol. The molecule has 1 heterocycles. The number of ether oxygens (including phenoxy) is 1. The molecule has 0 saturated heterocycles. The van der Waals surface area contributed by atoms with Gasteiger partial charge in [-0.25, -0.2) is 5.43 Å². The number of benzene rings is 1. The molecule has 1 unspecified atom stereocenters. The Balaban J connectivity index is 2.56. The molecule has 0 aliphatic carbocycles. The van der Waals surface area contributed by atoms with Crippen LogP contribution in [-0.2, 0) is 7.05 Å². The van der Waals surface area contributed by atoms with E-state index in [9.17, 15) is 0 Å². The van der Waals surface area contributed by atoms with Gasteiger partial charge in [0.1, 0.15) is 5.69 Å². The first-order valence-corrected chi connectivity index (χ1v) is 6.44. The van der Waals surface area contributed by atoms with Crippen molar-refractivity contribution < 1.29 is 4.74 Å². The molecule has 0 spiro atoms. The normalized spacial score (nSPS) is 12.4. The van der Waals surface area contributed by atoms with E-state index in [1.165, 1.54) is 0 Å². The maximum atomic E-state index is 6.03. The minimum absolute atomic E-state index is 0.306. The van der Waals surface area contributed by atoms with Crippen LogP contribution in [0.3, 0.4) is 0 Å². The van der Waals surface area contributed by atoms with Gasteiger partial charge < -0.3 is 10.5 Å². The van der Waals surface area contributed by atoms with Gasteiger partial charge in [-0.3, -0.25) is 10.5 Å². The van der Waals surface area contributed by atoms with Gasteiger partial charge in [-0.2, -0.15) is 5.10 Å². The van der Waals surface area contributed by atoms with Crippen LogP contribution in [0.25, 0.3) is 0 Å². The number of hydrogen-bond acceptors (Lipinski definition) is 5. The summed E-state index contributed by atoms with van der Waals surface area (Å²) in [6.07, 6.45) is 1.65. The largest absolute Gasteiger partial charge is 0.493 e. The van der Waals surface area contributed by atoms with Crippen LogP contribution in [-0.4, -0.2) is 16.9 Å². The molecule has 7 heteroatoms. The second-order valence-corrected chi connectivity index (χ2v) is 5.01. The molecular formula is C12H16BrN5O. The number of nitrogens with one attached hydrogen (secondary N) is 1. The second-order valence-electron chi connectivity index (χ2n) is 4.09. The van der Waals surface area contributed by atoms with E-state index in [0.717, 1.165) is 15.7 Å². The summed E-state index contributed by atoms with van der Waals surface area (Å²) in [5, 5.41) is 4.18. The maximum Gasteiger partial charge on any atom is 0.161 e. The Morgan fingerprint density at radius 1 is 1.47 bits per heavy atom. The number of aryl methyl sites for hydroxylation is 1. The number of nitrogens with two attached hydrogens (primary N) is 2. The van der Waals surface area contributed by atoms with E-state index in [1.807, 2.05) is 25.2 Å². The maximum absolute atomic E-state index is 6.03. The van der Waals surface area contributed by atoms with Crippen LogP contribution >= 0.6 is 15.9 Å². The molecule has 2 rings (SSSR count). The highest BCUT2D eigenvalue weighted by Crippen LogP contribution is 2.33. The van der Waals surface area contributed by atoms with Gasteiger partial charge in [0.2, 0.25) is 0 Å². The molecule has 0 aliphatic rings. The van der Waals surface area contributed by atoms with Gasteiger partial charge in [-0.05, 0) is 18.2 Å². The monoisotopic (exact) mass is 325 g/mol. The Bertz CT molecular complexity index is 583. The molecule has 1 aromatic carbocycles. The molecule has 2 aromatic rings. The number of methoxy groups -OCH3 is 1. The van der Waals surface area contributed by atoms with Gasteiger partial charge in [0.05, 0.1) is 19.3 Å². The molecule has 6 nitrogen and oxygen atoms in total. The Labute approximate surface area is 119 Å². The zero-order valence-electron chi connectivity index (χ0n) is 10.7. The van der Waals surface area contributed by atoms with E-state index in [4.69, 9.17) is 16.3 Å². The van der Waals surface area contributed by atoms with Gasteiger partial charge in [0.25, 0.3) is 0 Å². The van der Waals surface area contributed by atoms with Crippen molar-refractivity contribution >= 4 is 21.6 Å². The minimum atomic E-state index is -0.306. The average molecular weight is 326 g/mol. The van der Waals surface area contributed by atoms with Crippen molar-refractivity contribution in [1.29, 1.82) is 0 Å². The molecule has 0 amide bonds. The minimum Gasteiger partial charge on any atom is -0.493 e. The molecule has 5 N–H and O–H groups in total. The highest BCUT2D eigenvalue weighted by Gasteiger charge is 2.23. The number of anilines is 1. The SMILES string of the molecule is COc1cnn(C)c1C(NN)c1cc(Br)ccc1N. The van der Waals surface area contributed by atoms with Crippen molar-refractivity contribution in [2.75, 3.05) is 12.8 Å². The van der Waals surface area contributed by atoms with E-state index in [0.29, 0.717) is 11.4 Å². The number of nitrogens with zero attached hydrogens (tertiary/aromatic N) is 2. The van der Waals surface area contributed by atoms with Crippen molar-refractivity contribution in [1.82, 2.24) is 15.2 Å². The first kappa shape index (κ1) is 13.9. The summed E-state index contributed by atoms with van der Waals surface area (Å²) in [5.74, 6) is 6.35. The first-order chi connectivity index (χ1) is 9.08. The predicted molar refractivity (Wildman–Crippen MR) is 77.5 cm³/mol. The lowest BCUT2D eigenvalue weighted by atomic mass is 10.0. The third kappa shape index (κ3) is 2.58. The molecule has 0 bridgehead atoms. The van der Waals surface area contributed by atoms with Crippen LogP contribution in [0.5, 0.6) is 5.75 Å².